The van der Waals surface area contributed by atoms with Crippen molar-refractivity contribution in [2.45, 2.75) is 18.9 Å². The van der Waals surface area contributed by atoms with E-state index in [-0.39, 0.29) is 5.91 Å². The van der Waals surface area contributed by atoms with E-state index >= 15 is 0 Å². The Kier molecular flexibility index (Phi) is 1.38. The van der Waals surface area contributed by atoms with E-state index in [9.17, 15) is 4.79 Å². The van der Waals surface area contributed by atoms with E-state index in [1.165, 1.54) is 12.8 Å². The van der Waals surface area contributed by atoms with Crippen LogP contribution in [0.15, 0.2) is 0 Å². The maximum Gasteiger partial charge on any atom is 0.248 e. The zero-order chi connectivity index (χ0) is 6.97. The summed E-state index contributed by atoms with van der Waals surface area (Å²) in [5, 5.41) is 0. The van der Waals surface area contributed by atoms with Crippen molar-refractivity contribution in [2.24, 2.45) is 0 Å². The molecule has 2 fully saturated rings. The van der Waals surface area contributed by atoms with Crippen LogP contribution < -0.4 is 0 Å². The molecule has 3 nitrogen and oxygen atoms in total. The molecule has 10 heavy (non-hydrogen) atoms. The number of hydrogen-bond acceptors (Lipinski definition) is 2. The number of morpholine rings is 1. The fourth-order valence-electron chi connectivity index (χ4n) is 1.30. The summed E-state index contributed by atoms with van der Waals surface area (Å²) < 4.78 is 5.00. The van der Waals surface area contributed by atoms with Crippen molar-refractivity contribution in [3.8, 4) is 0 Å². The number of nitrogens with zero attached hydrogens (tertiary/aromatic N) is 1. The second kappa shape index (κ2) is 2.23. The lowest BCUT2D eigenvalue weighted by Crippen LogP contribution is -2.42. The van der Waals surface area contributed by atoms with Gasteiger partial charge in [-0.1, -0.05) is 0 Å². The number of carbonyl (C=O) groups is 1. The van der Waals surface area contributed by atoms with E-state index in [0.717, 1.165) is 13.2 Å². The number of hydrogen-bond donors (Lipinski definition) is 0. The van der Waals surface area contributed by atoms with Gasteiger partial charge < -0.3 is 9.64 Å². The summed E-state index contributed by atoms with van der Waals surface area (Å²) in [5.74, 6) is 0.175. The first-order valence-electron chi connectivity index (χ1n) is 3.75. The molecule has 0 aromatic carbocycles. The summed E-state index contributed by atoms with van der Waals surface area (Å²) in [6.07, 6.45) is 2.40. The van der Waals surface area contributed by atoms with Gasteiger partial charge in [0.25, 0.3) is 0 Å². The van der Waals surface area contributed by atoms with Crippen LogP contribution in [-0.4, -0.2) is 36.6 Å². The minimum Gasteiger partial charge on any atom is -0.370 e. The highest BCUT2D eigenvalue weighted by atomic mass is 16.5. The highest BCUT2D eigenvalue weighted by Gasteiger charge is 2.33. The zero-order valence-corrected chi connectivity index (χ0v) is 5.88. The van der Waals surface area contributed by atoms with E-state index < -0.39 is 0 Å². The second-order valence-electron chi connectivity index (χ2n) is 2.87. The normalized spacial score (nSPS) is 27.2. The molecule has 1 aliphatic carbocycles. The highest BCUT2D eigenvalue weighted by Crippen LogP contribution is 2.27. The van der Waals surface area contributed by atoms with Crippen LogP contribution in [0.1, 0.15) is 12.8 Å². The third-order valence-electron chi connectivity index (χ3n) is 2.01. The maximum atomic E-state index is 11.1. The lowest BCUT2D eigenvalue weighted by atomic mass is 10.4. The highest BCUT2D eigenvalue weighted by molar-refractivity contribution is 5.78. The molecular formula is C7H11NO2. The lowest BCUT2D eigenvalue weighted by molar-refractivity contribution is -0.143. The molecule has 3 heteroatoms. The quantitative estimate of drug-likeness (QED) is 0.514. The Morgan fingerprint density at radius 2 is 2.30 bits per heavy atom. The van der Waals surface area contributed by atoms with Gasteiger partial charge in [0.1, 0.15) is 6.61 Å². The second-order valence-corrected chi connectivity index (χ2v) is 2.87. The number of carbonyl (C=O) groups excluding carboxylic acids is 1. The van der Waals surface area contributed by atoms with Crippen molar-refractivity contribution < 1.29 is 9.53 Å². The van der Waals surface area contributed by atoms with Crippen LogP contribution in [0, 0.1) is 0 Å². The molecule has 2 rings (SSSR count). The molecule has 56 valence electrons. The molecule has 0 N–H and O–H groups in total. The van der Waals surface area contributed by atoms with Crippen molar-refractivity contribution in [1.29, 1.82) is 0 Å². The summed E-state index contributed by atoms with van der Waals surface area (Å²) in [4.78, 5) is 13.0. The van der Waals surface area contributed by atoms with E-state index in [2.05, 4.69) is 0 Å². The fraction of sp³-hybridized carbons (Fsp3) is 0.857. The van der Waals surface area contributed by atoms with Crippen molar-refractivity contribution in [2.75, 3.05) is 19.8 Å². The standard InChI is InChI=1S/C7H11NO2/c9-7-5-10-4-3-8(7)6-1-2-6/h6H,1-5H2. The fourth-order valence-corrected chi connectivity index (χ4v) is 1.30. The Labute approximate surface area is 60.0 Å². The van der Waals surface area contributed by atoms with Crippen molar-refractivity contribution in [3.05, 3.63) is 0 Å². The molecule has 1 saturated heterocycles. The Bertz CT molecular complexity index is 154. The monoisotopic (exact) mass is 141 g/mol. The Morgan fingerprint density at radius 3 is 2.90 bits per heavy atom. The van der Waals surface area contributed by atoms with Crippen molar-refractivity contribution in [1.82, 2.24) is 4.90 Å². The van der Waals surface area contributed by atoms with Gasteiger partial charge in [-0.15, -0.1) is 0 Å². The number of ether oxygens (including phenoxy) is 1. The zero-order valence-electron chi connectivity index (χ0n) is 5.88. The Hall–Kier alpha value is -0.570. The third kappa shape index (κ3) is 1.01. The van der Waals surface area contributed by atoms with Gasteiger partial charge >= 0.3 is 0 Å². The van der Waals surface area contributed by atoms with Gasteiger partial charge in [-0.2, -0.15) is 0 Å². The Morgan fingerprint density at radius 1 is 1.50 bits per heavy atom. The molecule has 1 heterocycles. The van der Waals surface area contributed by atoms with Crippen LogP contribution in [0.3, 0.4) is 0 Å². The predicted octanol–water partition coefficient (Wildman–Crippen LogP) is 0.00760. The van der Waals surface area contributed by atoms with E-state index in [0.29, 0.717) is 12.6 Å². The van der Waals surface area contributed by atoms with Gasteiger partial charge in [0.05, 0.1) is 6.61 Å². The van der Waals surface area contributed by atoms with Crippen molar-refractivity contribution in [3.63, 3.8) is 0 Å². The minimum absolute atomic E-state index is 0.175. The summed E-state index contributed by atoms with van der Waals surface area (Å²) in [7, 11) is 0. The first-order chi connectivity index (χ1) is 4.88. The van der Waals surface area contributed by atoms with Gasteiger partial charge in [-0.25, -0.2) is 0 Å². The summed E-state index contributed by atoms with van der Waals surface area (Å²) in [5.41, 5.74) is 0. The van der Waals surface area contributed by atoms with E-state index in [1.807, 2.05) is 4.90 Å². The third-order valence-corrected chi connectivity index (χ3v) is 2.01. The molecule has 0 unspecified atom stereocenters. The van der Waals surface area contributed by atoms with Crippen molar-refractivity contribution >= 4 is 5.91 Å². The summed E-state index contributed by atoms with van der Waals surface area (Å²) in [6, 6.07) is 0.566. The molecule has 1 aliphatic heterocycles. The van der Waals surface area contributed by atoms with Gasteiger partial charge in [0.15, 0.2) is 0 Å². The maximum absolute atomic E-state index is 11.1. The smallest absolute Gasteiger partial charge is 0.248 e. The van der Waals surface area contributed by atoms with Gasteiger partial charge in [-0.05, 0) is 12.8 Å². The first-order valence-corrected chi connectivity index (χ1v) is 3.75. The van der Waals surface area contributed by atoms with Crippen LogP contribution in [0.4, 0.5) is 0 Å². The number of rotatable bonds is 1. The average molecular weight is 141 g/mol. The SMILES string of the molecule is O=C1COCCN1C1CC1. The molecule has 2 aliphatic rings. The van der Waals surface area contributed by atoms with Crippen LogP contribution in [0.2, 0.25) is 0 Å². The molecule has 0 bridgehead atoms. The van der Waals surface area contributed by atoms with Crippen LogP contribution in [-0.2, 0) is 9.53 Å². The lowest BCUT2D eigenvalue weighted by Gasteiger charge is -2.26. The largest absolute Gasteiger partial charge is 0.370 e. The minimum atomic E-state index is 0.175. The first kappa shape index (κ1) is 6.16. The molecular weight excluding hydrogens is 130 g/mol. The molecule has 0 aromatic heterocycles. The van der Waals surface area contributed by atoms with Crippen LogP contribution >= 0.6 is 0 Å². The molecule has 1 saturated carbocycles. The molecule has 0 spiro atoms. The Balaban J connectivity index is 1.96. The van der Waals surface area contributed by atoms with E-state index in [4.69, 9.17) is 4.74 Å². The molecule has 0 radical (unpaired) electrons. The van der Waals surface area contributed by atoms with Gasteiger partial charge in [0.2, 0.25) is 5.91 Å². The summed E-state index contributed by atoms with van der Waals surface area (Å²) >= 11 is 0. The molecule has 1 amide bonds. The van der Waals surface area contributed by atoms with E-state index in [1.54, 1.807) is 0 Å². The van der Waals surface area contributed by atoms with Crippen LogP contribution in [0.25, 0.3) is 0 Å². The topological polar surface area (TPSA) is 29.5 Å². The average Bonchev–Trinajstić information content (AvgIpc) is 2.71. The number of amides is 1. The predicted molar refractivity (Wildman–Crippen MR) is 35.6 cm³/mol. The molecule has 0 aromatic rings. The summed E-state index contributed by atoms with van der Waals surface area (Å²) in [6.45, 7) is 1.84. The van der Waals surface area contributed by atoms with Gasteiger partial charge in [-0.3, -0.25) is 4.79 Å². The van der Waals surface area contributed by atoms with Crippen LogP contribution in [0.5, 0.6) is 0 Å². The van der Waals surface area contributed by atoms with Gasteiger partial charge in [0, 0.05) is 12.6 Å². The molecule has 0 atom stereocenters.